The molecule has 0 amide bonds. The van der Waals surface area contributed by atoms with Crippen LogP contribution in [0, 0.1) is 0 Å². The van der Waals surface area contributed by atoms with Crippen LogP contribution in [0.2, 0.25) is 0 Å². The van der Waals surface area contributed by atoms with Crippen molar-refractivity contribution >= 4 is 5.97 Å². The second kappa shape index (κ2) is 8.27. The number of hydrogen-bond donors (Lipinski definition) is 0. The van der Waals surface area contributed by atoms with Gasteiger partial charge in [0, 0.05) is 6.42 Å². The van der Waals surface area contributed by atoms with Crippen LogP contribution in [0.25, 0.3) is 0 Å². The Morgan fingerprint density at radius 1 is 1.20 bits per heavy atom. The van der Waals surface area contributed by atoms with Crippen LogP contribution in [0.15, 0.2) is 23.5 Å². The van der Waals surface area contributed by atoms with Crippen molar-refractivity contribution in [1.82, 2.24) is 0 Å². The maximum Gasteiger partial charge on any atom is 0.310 e. The number of carbonyl (C=O) groups excluding carboxylic acids is 1. The first-order chi connectivity index (χ1) is 7.11. The molecule has 0 fully saturated rings. The topological polar surface area (TPSA) is 26.3 Å². The van der Waals surface area contributed by atoms with Gasteiger partial charge in [-0.05, 0) is 31.4 Å². The van der Waals surface area contributed by atoms with Gasteiger partial charge in [0.15, 0.2) is 0 Å². The Labute approximate surface area is 93.0 Å². The molecule has 0 rings (SSSR count). The van der Waals surface area contributed by atoms with Crippen molar-refractivity contribution < 1.29 is 9.53 Å². The summed E-state index contributed by atoms with van der Waals surface area (Å²) in [6.07, 6.45) is 7.66. The van der Waals surface area contributed by atoms with Gasteiger partial charge in [0.05, 0.1) is 6.26 Å². The molecule has 0 atom stereocenters. The lowest BCUT2D eigenvalue weighted by Gasteiger charge is -2.02. The largest absolute Gasteiger partial charge is 0.434 e. The van der Waals surface area contributed by atoms with E-state index in [0.717, 1.165) is 12.0 Å². The molecule has 86 valence electrons. The summed E-state index contributed by atoms with van der Waals surface area (Å²) < 4.78 is 4.94. The highest BCUT2D eigenvalue weighted by Crippen LogP contribution is 2.10. The molecule has 0 aliphatic carbocycles. The first-order valence-electron chi connectivity index (χ1n) is 5.65. The van der Waals surface area contributed by atoms with Gasteiger partial charge < -0.3 is 4.74 Å². The third-order valence-corrected chi connectivity index (χ3v) is 2.29. The highest BCUT2D eigenvalue weighted by atomic mass is 16.5. The molecule has 0 unspecified atom stereocenters. The Bertz CT molecular complexity index is 249. The van der Waals surface area contributed by atoms with Crippen molar-refractivity contribution in [2.45, 2.75) is 53.4 Å². The summed E-state index contributed by atoms with van der Waals surface area (Å²) in [5.74, 6) is -0.185. The molecule has 0 N–H and O–H groups in total. The summed E-state index contributed by atoms with van der Waals surface area (Å²) >= 11 is 0. The molecule has 0 aliphatic heterocycles. The monoisotopic (exact) mass is 210 g/mol. The Kier molecular flexibility index (Phi) is 7.69. The van der Waals surface area contributed by atoms with E-state index in [0.29, 0.717) is 6.42 Å². The first-order valence-corrected chi connectivity index (χ1v) is 5.65. The van der Waals surface area contributed by atoms with Gasteiger partial charge in [-0.25, -0.2) is 0 Å². The molecule has 2 heteroatoms. The number of rotatable bonds is 6. The molecule has 0 saturated heterocycles. The molecule has 0 aromatic heterocycles. The van der Waals surface area contributed by atoms with Crippen molar-refractivity contribution in [3.05, 3.63) is 23.5 Å². The third kappa shape index (κ3) is 6.95. The van der Waals surface area contributed by atoms with Crippen molar-refractivity contribution in [1.29, 1.82) is 0 Å². The van der Waals surface area contributed by atoms with E-state index >= 15 is 0 Å². The van der Waals surface area contributed by atoms with Crippen LogP contribution in [0.3, 0.4) is 0 Å². The zero-order valence-corrected chi connectivity index (χ0v) is 10.3. The van der Waals surface area contributed by atoms with Gasteiger partial charge in [0.1, 0.15) is 0 Å². The van der Waals surface area contributed by atoms with Gasteiger partial charge in [-0.1, -0.05) is 32.8 Å². The lowest BCUT2D eigenvalue weighted by atomic mass is 10.1. The lowest BCUT2D eigenvalue weighted by molar-refractivity contribution is -0.137. The fourth-order valence-corrected chi connectivity index (χ4v) is 1.01. The molecular formula is C13H22O2. The zero-order chi connectivity index (χ0) is 11.7. The molecule has 0 aromatic rings. The van der Waals surface area contributed by atoms with E-state index in [1.54, 1.807) is 13.2 Å². The summed E-state index contributed by atoms with van der Waals surface area (Å²) in [6, 6.07) is 0. The Balaban J connectivity index is 4.11. The Morgan fingerprint density at radius 3 is 2.40 bits per heavy atom. The van der Waals surface area contributed by atoms with Gasteiger partial charge in [-0.15, -0.1) is 0 Å². The van der Waals surface area contributed by atoms with Crippen molar-refractivity contribution in [2.24, 2.45) is 0 Å². The molecule has 0 spiro atoms. The smallest absolute Gasteiger partial charge is 0.310 e. The molecule has 2 nitrogen and oxygen atoms in total. The van der Waals surface area contributed by atoms with Crippen LogP contribution in [0.4, 0.5) is 0 Å². The number of unbranched alkanes of at least 4 members (excludes halogenated alkanes) is 2. The van der Waals surface area contributed by atoms with Gasteiger partial charge in [-0.2, -0.15) is 0 Å². The van der Waals surface area contributed by atoms with E-state index < -0.39 is 0 Å². The number of ether oxygens (including phenoxy) is 1. The molecule has 0 heterocycles. The van der Waals surface area contributed by atoms with E-state index in [2.05, 4.69) is 13.0 Å². The van der Waals surface area contributed by atoms with Gasteiger partial charge in [0.25, 0.3) is 0 Å². The molecule has 15 heavy (non-hydrogen) atoms. The van der Waals surface area contributed by atoms with Crippen molar-refractivity contribution in [2.75, 3.05) is 0 Å². The van der Waals surface area contributed by atoms with Gasteiger partial charge in [-0.3, -0.25) is 4.79 Å². The van der Waals surface area contributed by atoms with Crippen LogP contribution in [0.1, 0.15) is 53.4 Å². The van der Waals surface area contributed by atoms with E-state index in [1.807, 2.05) is 13.8 Å². The van der Waals surface area contributed by atoms with Crippen LogP contribution >= 0.6 is 0 Å². The van der Waals surface area contributed by atoms with Gasteiger partial charge >= 0.3 is 5.97 Å². The maximum atomic E-state index is 10.9. The summed E-state index contributed by atoms with van der Waals surface area (Å²) in [7, 11) is 0. The molecule has 0 aromatic carbocycles. The van der Waals surface area contributed by atoms with E-state index in [9.17, 15) is 4.79 Å². The fraction of sp³-hybridized carbons (Fsp3) is 0.615. The van der Waals surface area contributed by atoms with Crippen LogP contribution in [-0.4, -0.2) is 5.97 Å². The minimum absolute atomic E-state index is 0.185. The molecule has 0 radical (unpaired) electrons. The van der Waals surface area contributed by atoms with Gasteiger partial charge in [0.2, 0.25) is 0 Å². The number of carbonyl (C=O) groups is 1. The summed E-state index contributed by atoms with van der Waals surface area (Å²) in [6.45, 7) is 7.96. The van der Waals surface area contributed by atoms with Crippen LogP contribution in [-0.2, 0) is 9.53 Å². The summed E-state index contributed by atoms with van der Waals surface area (Å²) in [5.41, 5.74) is 2.21. The third-order valence-electron chi connectivity index (χ3n) is 2.29. The zero-order valence-electron chi connectivity index (χ0n) is 10.3. The minimum atomic E-state index is -0.185. The van der Waals surface area contributed by atoms with E-state index in [1.165, 1.54) is 18.4 Å². The fourth-order valence-electron chi connectivity index (χ4n) is 1.01. The maximum absolute atomic E-state index is 10.9. The van der Waals surface area contributed by atoms with E-state index in [4.69, 9.17) is 4.74 Å². The quantitative estimate of drug-likeness (QED) is 0.287. The highest BCUT2D eigenvalue weighted by Gasteiger charge is 1.97. The normalized spacial score (nSPS) is 12.8. The van der Waals surface area contributed by atoms with Crippen molar-refractivity contribution in [3.8, 4) is 0 Å². The van der Waals surface area contributed by atoms with Crippen LogP contribution < -0.4 is 0 Å². The molecule has 0 bridgehead atoms. The standard InChI is InChI=1S/C13H22O2/c1-5-7-8-9-11(3)12(4)10-15-13(14)6-2/h9-10H,5-8H2,1-4H3/b11-9+,12-10+. The second-order valence-electron chi connectivity index (χ2n) is 3.67. The molecular weight excluding hydrogens is 188 g/mol. The number of hydrogen-bond acceptors (Lipinski definition) is 2. The lowest BCUT2D eigenvalue weighted by Crippen LogP contribution is -1.96. The summed E-state index contributed by atoms with van der Waals surface area (Å²) in [5, 5.41) is 0. The first kappa shape index (κ1) is 13.9. The highest BCUT2D eigenvalue weighted by molar-refractivity contribution is 5.69. The second-order valence-corrected chi connectivity index (χ2v) is 3.67. The molecule has 0 saturated carbocycles. The Morgan fingerprint density at radius 2 is 1.87 bits per heavy atom. The molecule has 0 aliphatic rings. The van der Waals surface area contributed by atoms with E-state index in [-0.39, 0.29) is 5.97 Å². The average molecular weight is 210 g/mol. The van der Waals surface area contributed by atoms with Crippen LogP contribution in [0.5, 0.6) is 0 Å². The Hall–Kier alpha value is -1.05. The SMILES string of the molecule is CCCC/C=C(C)/C(C)=C/OC(=O)CC. The van der Waals surface area contributed by atoms with Crippen molar-refractivity contribution in [3.63, 3.8) is 0 Å². The predicted octanol–water partition coefficient (Wildman–Crippen LogP) is 3.98. The number of esters is 1. The number of allylic oxidation sites excluding steroid dienone is 3. The predicted molar refractivity (Wildman–Crippen MR) is 63.4 cm³/mol. The average Bonchev–Trinajstić information content (AvgIpc) is 2.25. The minimum Gasteiger partial charge on any atom is -0.434 e. The summed E-state index contributed by atoms with van der Waals surface area (Å²) in [4.78, 5) is 10.9.